The van der Waals surface area contributed by atoms with Gasteiger partial charge in [-0.15, -0.1) is 11.8 Å². The van der Waals surface area contributed by atoms with E-state index in [9.17, 15) is 0 Å². The summed E-state index contributed by atoms with van der Waals surface area (Å²) in [5.41, 5.74) is 5.78. The van der Waals surface area contributed by atoms with Crippen molar-refractivity contribution in [3.63, 3.8) is 0 Å². The lowest BCUT2D eigenvalue weighted by molar-refractivity contribution is 0.896. The molecule has 0 fully saturated rings. The summed E-state index contributed by atoms with van der Waals surface area (Å²) in [6, 6.07) is 15.8. The van der Waals surface area contributed by atoms with Gasteiger partial charge >= 0.3 is 0 Å². The molecule has 1 aliphatic rings. The van der Waals surface area contributed by atoms with E-state index < -0.39 is 0 Å². The van der Waals surface area contributed by atoms with Gasteiger partial charge in [0, 0.05) is 28.1 Å². The molecule has 0 aliphatic carbocycles. The second kappa shape index (κ2) is 6.28. The zero-order valence-electron chi connectivity index (χ0n) is 12.1. The number of hydrogen-bond acceptors (Lipinski definition) is 2. The first-order valence-electron chi connectivity index (χ1n) is 7.09. The Hall–Kier alpha value is -0.860. The summed E-state index contributed by atoms with van der Waals surface area (Å²) in [4.78, 5) is 1.49. The summed E-state index contributed by atoms with van der Waals surface area (Å²) in [5.74, 6) is 4.34. The van der Waals surface area contributed by atoms with Crippen molar-refractivity contribution < 1.29 is 0 Å². The minimum atomic E-state index is 0.729. The molecule has 0 saturated carbocycles. The van der Waals surface area contributed by atoms with E-state index in [0.717, 1.165) is 11.7 Å². The van der Waals surface area contributed by atoms with Crippen LogP contribution in [0.15, 0.2) is 47.4 Å². The predicted molar refractivity (Wildman–Crippen MR) is 92.0 cm³/mol. The maximum absolute atomic E-state index is 2.32. The largest absolute Gasteiger partial charge is 0.157 e. The predicted octanol–water partition coefficient (Wildman–Crippen LogP) is 5.43. The van der Waals surface area contributed by atoms with Crippen molar-refractivity contribution in [1.29, 1.82) is 0 Å². The van der Waals surface area contributed by atoms with E-state index in [1.807, 2.05) is 11.8 Å². The van der Waals surface area contributed by atoms with Gasteiger partial charge < -0.3 is 0 Å². The highest BCUT2D eigenvalue weighted by Gasteiger charge is 2.22. The van der Waals surface area contributed by atoms with Crippen LogP contribution in [0.25, 0.3) is 0 Å². The average molecular weight is 300 g/mol. The molecule has 2 aromatic carbocycles. The van der Waals surface area contributed by atoms with Crippen LogP contribution < -0.4 is 0 Å². The molecule has 0 aromatic heterocycles. The van der Waals surface area contributed by atoms with Gasteiger partial charge in [-0.25, -0.2) is 0 Å². The van der Waals surface area contributed by atoms with Crippen molar-refractivity contribution in [2.45, 2.75) is 30.4 Å². The second-order valence-electron chi connectivity index (χ2n) is 5.56. The molecule has 0 bridgehead atoms. The molecule has 104 valence electrons. The fraction of sp³-hybridized carbons (Fsp3) is 0.333. The molecule has 0 spiro atoms. The van der Waals surface area contributed by atoms with Crippen LogP contribution in [0.3, 0.4) is 0 Å². The van der Waals surface area contributed by atoms with Crippen LogP contribution in [0.1, 0.15) is 28.2 Å². The van der Waals surface area contributed by atoms with E-state index >= 15 is 0 Å². The molecule has 1 unspecified atom stereocenters. The summed E-state index contributed by atoms with van der Waals surface area (Å²) < 4.78 is 0. The van der Waals surface area contributed by atoms with Gasteiger partial charge in [-0.05, 0) is 31.0 Å². The van der Waals surface area contributed by atoms with Gasteiger partial charge in [-0.3, -0.25) is 0 Å². The normalized spacial score (nSPS) is 17.2. The Balaban J connectivity index is 1.59. The van der Waals surface area contributed by atoms with Crippen molar-refractivity contribution >= 4 is 23.5 Å². The Morgan fingerprint density at radius 1 is 1.10 bits per heavy atom. The molecule has 2 heteroatoms. The van der Waals surface area contributed by atoms with Gasteiger partial charge in [0.25, 0.3) is 0 Å². The van der Waals surface area contributed by atoms with Crippen LogP contribution in [0.2, 0.25) is 0 Å². The lowest BCUT2D eigenvalue weighted by Crippen LogP contribution is -2.00. The maximum atomic E-state index is 2.32. The first-order chi connectivity index (χ1) is 9.72. The molecular weight excluding hydrogens is 280 g/mol. The third-order valence-corrected chi connectivity index (χ3v) is 6.10. The van der Waals surface area contributed by atoms with E-state index in [2.05, 4.69) is 68.1 Å². The standard InChI is InChI=1S/C18H20S2/c1-13-7-14(2)9-15(8-13)10-19-11-16-12-20-18-6-4-3-5-17(16)18/h3-9,16H,10-12H2,1-2H3. The van der Waals surface area contributed by atoms with E-state index in [-0.39, 0.29) is 0 Å². The number of thioether (sulfide) groups is 2. The summed E-state index contributed by atoms with van der Waals surface area (Å²) in [5, 5.41) is 0. The Morgan fingerprint density at radius 2 is 1.85 bits per heavy atom. The van der Waals surface area contributed by atoms with Gasteiger partial charge in [-0.2, -0.15) is 11.8 Å². The van der Waals surface area contributed by atoms with Crippen LogP contribution in [-0.2, 0) is 5.75 Å². The van der Waals surface area contributed by atoms with Gasteiger partial charge in [-0.1, -0.05) is 47.5 Å². The van der Waals surface area contributed by atoms with Gasteiger partial charge in [0.2, 0.25) is 0 Å². The summed E-state index contributed by atoms with van der Waals surface area (Å²) in [7, 11) is 0. The van der Waals surface area contributed by atoms with Crippen LogP contribution in [0, 0.1) is 13.8 Å². The SMILES string of the molecule is Cc1cc(C)cc(CSCC2CSc3ccccc32)c1. The minimum Gasteiger partial charge on any atom is -0.157 e. The lowest BCUT2D eigenvalue weighted by atomic mass is 10.0. The fourth-order valence-electron chi connectivity index (χ4n) is 2.84. The zero-order valence-corrected chi connectivity index (χ0v) is 13.7. The molecule has 0 N–H and O–H groups in total. The molecule has 20 heavy (non-hydrogen) atoms. The average Bonchev–Trinajstić information content (AvgIpc) is 2.81. The smallest absolute Gasteiger partial charge is 0.0184 e. The summed E-state index contributed by atoms with van der Waals surface area (Å²) in [6.07, 6.45) is 0. The number of benzene rings is 2. The Bertz CT molecular complexity index is 584. The molecule has 0 saturated heterocycles. The lowest BCUT2D eigenvalue weighted by Gasteiger charge is -2.11. The molecule has 2 aromatic rings. The molecule has 0 radical (unpaired) electrons. The van der Waals surface area contributed by atoms with Crippen LogP contribution >= 0.6 is 23.5 Å². The van der Waals surface area contributed by atoms with E-state index in [1.165, 1.54) is 33.1 Å². The van der Waals surface area contributed by atoms with Crippen LogP contribution in [-0.4, -0.2) is 11.5 Å². The topological polar surface area (TPSA) is 0 Å². The highest BCUT2D eigenvalue weighted by molar-refractivity contribution is 8.00. The zero-order chi connectivity index (χ0) is 13.9. The van der Waals surface area contributed by atoms with Crippen LogP contribution in [0.4, 0.5) is 0 Å². The first-order valence-corrected chi connectivity index (χ1v) is 9.23. The second-order valence-corrected chi connectivity index (χ2v) is 7.65. The third kappa shape index (κ3) is 3.24. The third-order valence-electron chi connectivity index (χ3n) is 3.67. The van der Waals surface area contributed by atoms with E-state index in [4.69, 9.17) is 0 Å². The molecule has 0 nitrogen and oxygen atoms in total. The number of aryl methyl sites for hydroxylation is 2. The van der Waals surface area contributed by atoms with Gasteiger partial charge in [0.15, 0.2) is 0 Å². The molecule has 1 heterocycles. The quantitative estimate of drug-likeness (QED) is 0.739. The van der Waals surface area contributed by atoms with Crippen molar-refractivity contribution in [3.05, 3.63) is 64.7 Å². The maximum Gasteiger partial charge on any atom is 0.0184 e. The minimum absolute atomic E-state index is 0.729. The van der Waals surface area contributed by atoms with Crippen molar-refractivity contribution in [1.82, 2.24) is 0 Å². The Morgan fingerprint density at radius 3 is 2.65 bits per heavy atom. The van der Waals surface area contributed by atoms with Crippen molar-refractivity contribution in [3.8, 4) is 0 Å². The molecule has 1 atom stereocenters. The highest BCUT2D eigenvalue weighted by atomic mass is 32.2. The van der Waals surface area contributed by atoms with Gasteiger partial charge in [0.1, 0.15) is 0 Å². The fourth-order valence-corrected chi connectivity index (χ4v) is 5.34. The van der Waals surface area contributed by atoms with Crippen molar-refractivity contribution in [2.75, 3.05) is 11.5 Å². The molecule has 3 rings (SSSR count). The number of rotatable bonds is 4. The number of fused-ring (bicyclic) bond motifs is 1. The molecule has 0 amide bonds. The Kier molecular flexibility index (Phi) is 4.42. The number of hydrogen-bond donors (Lipinski definition) is 0. The Labute approximate surface area is 130 Å². The molecule has 1 aliphatic heterocycles. The van der Waals surface area contributed by atoms with Crippen molar-refractivity contribution in [2.24, 2.45) is 0 Å². The first kappa shape index (κ1) is 14.1. The van der Waals surface area contributed by atoms with Gasteiger partial charge in [0.05, 0.1) is 0 Å². The van der Waals surface area contributed by atoms with Crippen LogP contribution in [0.5, 0.6) is 0 Å². The molecular formula is C18H20S2. The van der Waals surface area contributed by atoms with E-state index in [1.54, 1.807) is 5.56 Å². The monoisotopic (exact) mass is 300 g/mol. The highest BCUT2D eigenvalue weighted by Crippen LogP contribution is 2.41. The summed E-state index contributed by atoms with van der Waals surface area (Å²) >= 11 is 4.09. The summed E-state index contributed by atoms with van der Waals surface area (Å²) in [6.45, 7) is 4.37. The van der Waals surface area contributed by atoms with E-state index in [0.29, 0.717) is 0 Å².